The third-order valence-corrected chi connectivity index (χ3v) is 4.43. The highest BCUT2D eigenvalue weighted by atomic mass is 16.5. The second kappa shape index (κ2) is 6.85. The third kappa shape index (κ3) is 3.44. The molecule has 2 N–H and O–H groups in total. The van der Waals surface area contributed by atoms with Crippen LogP contribution in [-0.2, 0) is 4.74 Å². The van der Waals surface area contributed by atoms with Gasteiger partial charge in [-0.2, -0.15) is 0 Å². The minimum absolute atomic E-state index is 0.0141. The van der Waals surface area contributed by atoms with Gasteiger partial charge in [0.2, 0.25) is 0 Å². The van der Waals surface area contributed by atoms with E-state index in [1.807, 2.05) is 0 Å². The molecule has 18 heavy (non-hydrogen) atoms. The topological polar surface area (TPSA) is 44.7 Å². The normalized spacial score (nSPS) is 38.2. The van der Waals surface area contributed by atoms with E-state index in [9.17, 15) is 5.11 Å². The number of hydrogen-bond acceptors (Lipinski definition) is 4. The Hall–Kier alpha value is -0.160. The SMILES string of the molecule is CCNC1CCCC1CN1CC(CO)OCC1C. The van der Waals surface area contributed by atoms with E-state index in [-0.39, 0.29) is 12.7 Å². The van der Waals surface area contributed by atoms with Gasteiger partial charge in [0.1, 0.15) is 0 Å². The predicted octanol–water partition coefficient (Wildman–Crippen LogP) is 0.846. The van der Waals surface area contributed by atoms with Gasteiger partial charge in [-0.15, -0.1) is 0 Å². The van der Waals surface area contributed by atoms with Gasteiger partial charge in [-0.1, -0.05) is 13.3 Å². The molecule has 4 nitrogen and oxygen atoms in total. The van der Waals surface area contributed by atoms with Crippen molar-refractivity contribution in [2.75, 3.05) is 32.8 Å². The molecule has 0 radical (unpaired) electrons. The average molecular weight is 256 g/mol. The molecule has 1 saturated heterocycles. The van der Waals surface area contributed by atoms with Crippen molar-refractivity contribution in [3.63, 3.8) is 0 Å². The zero-order valence-corrected chi connectivity index (χ0v) is 11.8. The van der Waals surface area contributed by atoms with Gasteiger partial charge in [0.05, 0.1) is 19.3 Å². The molecule has 0 aromatic carbocycles. The van der Waals surface area contributed by atoms with Crippen molar-refractivity contribution in [3.05, 3.63) is 0 Å². The minimum atomic E-state index is 0.0141. The molecule has 0 aromatic heterocycles. The molecule has 4 atom stereocenters. The van der Waals surface area contributed by atoms with Crippen LogP contribution in [0, 0.1) is 5.92 Å². The molecule has 0 spiro atoms. The van der Waals surface area contributed by atoms with Crippen molar-refractivity contribution < 1.29 is 9.84 Å². The number of rotatable bonds is 5. The lowest BCUT2D eigenvalue weighted by Crippen LogP contribution is -2.52. The molecule has 2 rings (SSSR count). The summed E-state index contributed by atoms with van der Waals surface area (Å²) in [4.78, 5) is 2.50. The highest BCUT2D eigenvalue weighted by molar-refractivity contribution is 4.87. The Kier molecular flexibility index (Phi) is 5.42. The lowest BCUT2D eigenvalue weighted by molar-refractivity contribution is -0.0819. The van der Waals surface area contributed by atoms with Crippen molar-refractivity contribution in [1.29, 1.82) is 0 Å². The van der Waals surface area contributed by atoms with Crippen molar-refractivity contribution >= 4 is 0 Å². The lowest BCUT2D eigenvalue weighted by Gasteiger charge is -2.39. The van der Waals surface area contributed by atoms with Crippen LogP contribution in [-0.4, -0.2) is 61.0 Å². The molecular formula is C14H28N2O2. The van der Waals surface area contributed by atoms with Gasteiger partial charge in [-0.3, -0.25) is 4.90 Å². The monoisotopic (exact) mass is 256 g/mol. The van der Waals surface area contributed by atoms with Gasteiger partial charge < -0.3 is 15.2 Å². The van der Waals surface area contributed by atoms with Gasteiger partial charge in [0, 0.05) is 25.2 Å². The summed E-state index contributed by atoms with van der Waals surface area (Å²) in [5.74, 6) is 0.768. The Bertz CT molecular complexity index is 250. The molecule has 0 aromatic rings. The predicted molar refractivity (Wildman–Crippen MR) is 72.7 cm³/mol. The maximum atomic E-state index is 9.23. The minimum Gasteiger partial charge on any atom is -0.394 e. The molecule has 1 aliphatic carbocycles. The number of nitrogens with zero attached hydrogens (tertiary/aromatic N) is 1. The third-order valence-electron chi connectivity index (χ3n) is 4.43. The van der Waals surface area contributed by atoms with Gasteiger partial charge in [0.15, 0.2) is 0 Å². The summed E-state index contributed by atoms with van der Waals surface area (Å²) in [5.41, 5.74) is 0. The Morgan fingerprint density at radius 1 is 1.39 bits per heavy atom. The van der Waals surface area contributed by atoms with Crippen molar-refractivity contribution in [2.45, 2.75) is 51.3 Å². The van der Waals surface area contributed by atoms with Crippen molar-refractivity contribution in [1.82, 2.24) is 10.2 Å². The van der Waals surface area contributed by atoms with Gasteiger partial charge in [-0.05, 0) is 32.2 Å². The molecular weight excluding hydrogens is 228 g/mol. The zero-order valence-electron chi connectivity index (χ0n) is 11.8. The van der Waals surface area contributed by atoms with E-state index in [4.69, 9.17) is 4.74 Å². The maximum absolute atomic E-state index is 9.23. The molecule has 106 valence electrons. The highest BCUT2D eigenvalue weighted by Gasteiger charge is 2.32. The number of morpholine rings is 1. The number of hydrogen-bond donors (Lipinski definition) is 2. The van der Waals surface area contributed by atoms with E-state index >= 15 is 0 Å². The van der Waals surface area contributed by atoms with Crippen molar-refractivity contribution in [3.8, 4) is 0 Å². The van der Waals surface area contributed by atoms with Crippen LogP contribution in [0.2, 0.25) is 0 Å². The summed E-state index contributed by atoms with van der Waals surface area (Å²) in [5, 5.41) is 12.8. The van der Waals surface area contributed by atoms with E-state index < -0.39 is 0 Å². The largest absolute Gasteiger partial charge is 0.394 e. The highest BCUT2D eigenvalue weighted by Crippen LogP contribution is 2.28. The van der Waals surface area contributed by atoms with Crippen molar-refractivity contribution in [2.24, 2.45) is 5.92 Å². The molecule has 1 aliphatic heterocycles. The van der Waals surface area contributed by atoms with Crippen LogP contribution in [0.15, 0.2) is 0 Å². The first-order valence-electron chi connectivity index (χ1n) is 7.44. The van der Waals surface area contributed by atoms with Crippen LogP contribution in [0.1, 0.15) is 33.1 Å². The summed E-state index contributed by atoms with van der Waals surface area (Å²) < 4.78 is 5.60. The standard InChI is InChI=1S/C14H28N2O2/c1-3-15-14-6-4-5-12(14)7-16-8-13(9-17)18-10-11(16)2/h11-15,17H,3-10H2,1-2H3. The van der Waals surface area contributed by atoms with Crippen LogP contribution in [0.25, 0.3) is 0 Å². The molecule has 1 heterocycles. The fourth-order valence-electron chi connectivity index (χ4n) is 3.33. The number of aliphatic hydroxyl groups excluding tert-OH is 1. The smallest absolute Gasteiger partial charge is 0.0933 e. The molecule has 4 heteroatoms. The second-order valence-corrected chi connectivity index (χ2v) is 5.80. The van der Waals surface area contributed by atoms with E-state index in [1.54, 1.807) is 0 Å². The summed E-state index contributed by atoms with van der Waals surface area (Å²) in [7, 11) is 0. The van der Waals surface area contributed by atoms with Crippen LogP contribution in [0.4, 0.5) is 0 Å². The molecule has 2 aliphatic rings. The van der Waals surface area contributed by atoms with E-state index in [2.05, 4.69) is 24.1 Å². The first-order chi connectivity index (χ1) is 8.74. The summed E-state index contributed by atoms with van der Waals surface area (Å²) in [6, 6.07) is 1.17. The van der Waals surface area contributed by atoms with E-state index in [0.717, 1.165) is 32.2 Å². The number of nitrogens with one attached hydrogen (secondary N) is 1. The first-order valence-corrected chi connectivity index (χ1v) is 7.44. The van der Waals surface area contributed by atoms with Gasteiger partial charge in [-0.25, -0.2) is 0 Å². The molecule has 0 amide bonds. The fraction of sp³-hybridized carbons (Fsp3) is 1.00. The summed E-state index contributed by atoms with van der Waals surface area (Å²) in [6.45, 7) is 8.42. The van der Waals surface area contributed by atoms with Crippen LogP contribution in [0.3, 0.4) is 0 Å². The number of aliphatic hydroxyl groups is 1. The summed E-state index contributed by atoms with van der Waals surface area (Å²) in [6.07, 6.45) is 4.02. The van der Waals surface area contributed by atoms with Gasteiger partial charge in [0.25, 0.3) is 0 Å². The van der Waals surface area contributed by atoms with Crippen LogP contribution >= 0.6 is 0 Å². The first kappa shape index (κ1) is 14.3. The molecule has 0 bridgehead atoms. The van der Waals surface area contributed by atoms with E-state index in [1.165, 1.54) is 19.3 Å². The zero-order chi connectivity index (χ0) is 13.0. The Morgan fingerprint density at radius 2 is 2.22 bits per heavy atom. The Balaban J connectivity index is 1.86. The summed E-state index contributed by atoms with van der Waals surface area (Å²) >= 11 is 0. The fourth-order valence-corrected chi connectivity index (χ4v) is 3.33. The Labute approximate surface area is 111 Å². The Morgan fingerprint density at radius 3 is 2.94 bits per heavy atom. The quantitative estimate of drug-likeness (QED) is 0.765. The van der Waals surface area contributed by atoms with Crippen LogP contribution < -0.4 is 5.32 Å². The molecule has 2 fully saturated rings. The lowest BCUT2D eigenvalue weighted by atomic mass is 10.0. The average Bonchev–Trinajstić information content (AvgIpc) is 2.80. The number of ether oxygens (including phenoxy) is 1. The molecule has 4 unspecified atom stereocenters. The second-order valence-electron chi connectivity index (χ2n) is 5.80. The van der Waals surface area contributed by atoms with Gasteiger partial charge >= 0.3 is 0 Å². The maximum Gasteiger partial charge on any atom is 0.0933 e. The van der Waals surface area contributed by atoms with Crippen LogP contribution in [0.5, 0.6) is 0 Å². The van der Waals surface area contributed by atoms with E-state index in [0.29, 0.717) is 12.1 Å². The molecule has 1 saturated carbocycles.